The second kappa shape index (κ2) is 7.15. The van der Waals surface area contributed by atoms with Gasteiger partial charge in [0.15, 0.2) is 0 Å². The van der Waals surface area contributed by atoms with Crippen molar-refractivity contribution < 1.29 is 0 Å². The minimum absolute atomic E-state index is 0.445. The molecule has 120 valence electrons. The van der Waals surface area contributed by atoms with Gasteiger partial charge in [-0.1, -0.05) is 38.3 Å². The molecule has 0 aromatic carbocycles. The summed E-state index contributed by atoms with van der Waals surface area (Å²) in [5.74, 6) is 0. The van der Waals surface area contributed by atoms with Gasteiger partial charge < -0.3 is 5.32 Å². The largest absolute Gasteiger partial charge is 0.313 e. The van der Waals surface area contributed by atoms with E-state index in [0.717, 1.165) is 23.8 Å². The fourth-order valence-corrected chi connectivity index (χ4v) is 4.21. The molecule has 2 rings (SSSR count). The minimum atomic E-state index is 0.445. The van der Waals surface area contributed by atoms with Crippen molar-refractivity contribution in [3.05, 3.63) is 16.4 Å². The van der Waals surface area contributed by atoms with Gasteiger partial charge in [-0.05, 0) is 51.0 Å². The average molecular weight is 312 g/mol. The van der Waals surface area contributed by atoms with Crippen LogP contribution in [0.4, 0.5) is 0 Å². The summed E-state index contributed by atoms with van der Waals surface area (Å²) in [6, 6.07) is 0.519. The van der Waals surface area contributed by atoms with Crippen LogP contribution in [0.25, 0.3) is 0 Å². The summed E-state index contributed by atoms with van der Waals surface area (Å²) >= 11 is 6.46. The predicted octanol–water partition coefficient (Wildman–Crippen LogP) is 4.26. The monoisotopic (exact) mass is 311 g/mol. The van der Waals surface area contributed by atoms with Gasteiger partial charge >= 0.3 is 0 Å². The van der Waals surface area contributed by atoms with Crippen molar-refractivity contribution in [3.63, 3.8) is 0 Å². The first-order valence-corrected chi connectivity index (χ1v) is 8.83. The lowest BCUT2D eigenvalue weighted by Gasteiger charge is -2.38. The number of nitrogens with zero attached hydrogens (tertiary/aromatic N) is 2. The highest BCUT2D eigenvalue weighted by Gasteiger charge is 2.40. The number of aromatic nitrogens is 2. The molecule has 21 heavy (non-hydrogen) atoms. The van der Waals surface area contributed by atoms with Crippen LogP contribution in [-0.2, 0) is 13.5 Å². The number of rotatable bonds is 7. The van der Waals surface area contributed by atoms with Crippen LogP contribution < -0.4 is 5.32 Å². The number of hydrogen-bond donors (Lipinski definition) is 1. The molecule has 1 aliphatic carbocycles. The second-order valence-electron chi connectivity index (χ2n) is 6.61. The van der Waals surface area contributed by atoms with E-state index in [1.165, 1.54) is 44.1 Å². The lowest BCUT2D eigenvalue weighted by atomic mass is 9.74. The first-order chi connectivity index (χ1) is 10.0. The molecular formula is C17H30ClN3. The number of nitrogens with one attached hydrogen (secondary N) is 1. The maximum absolute atomic E-state index is 6.46. The lowest BCUT2D eigenvalue weighted by molar-refractivity contribution is 0.184. The van der Waals surface area contributed by atoms with Gasteiger partial charge in [0, 0.05) is 18.7 Å². The summed E-state index contributed by atoms with van der Waals surface area (Å²) in [4.78, 5) is 0. The summed E-state index contributed by atoms with van der Waals surface area (Å²) in [6.45, 7) is 7.75. The molecule has 0 saturated heterocycles. The zero-order valence-electron chi connectivity index (χ0n) is 14.0. The van der Waals surface area contributed by atoms with E-state index in [-0.39, 0.29) is 0 Å². The van der Waals surface area contributed by atoms with Crippen molar-refractivity contribution >= 4 is 11.6 Å². The summed E-state index contributed by atoms with van der Waals surface area (Å²) in [5, 5.41) is 9.10. The van der Waals surface area contributed by atoms with Gasteiger partial charge in [-0.2, -0.15) is 5.10 Å². The molecule has 1 N–H and O–H groups in total. The first-order valence-electron chi connectivity index (χ1n) is 8.45. The van der Waals surface area contributed by atoms with Crippen molar-refractivity contribution in [3.8, 4) is 0 Å². The molecule has 1 heterocycles. The van der Waals surface area contributed by atoms with E-state index in [4.69, 9.17) is 11.6 Å². The zero-order chi connectivity index (χ0) is 15.5. The van der Waals surface area contributed by atoms with Gasteiger partial charge in [0.05, 0.1) is 5.69 Å². The van der Waals surface area contributed by atoms with E-state index >= 15 is 0 Å². The summed E-state index contributed by atoms with van der Waals surface area (Å²) in [6.07, 6.45) is 8.88. The third-order valence-corrected chi connectivity index (χ3v) is 5.83. The van der Waals surface area contributed by atoms with E-state index in [2.05, 4.69) is 31.2 Å². The second-order valence-corrected chi connectivity index (χ2v) is 6.97. The summed E-state index contributed by atoms with van der Waals surface area (Å²) < 4.78 is 1.80. The normalized spacial score (nSPS) is 19.1. The fraction of sp³-hybridized carbons (Fsp3) is 0.824. The minimum Gasteiger partial charge on any atom is -0.313 e. The fourth-order valence-electron chi connectivity index (χ4n) is 3.96. The van der Waals surface area contributed by atoms with E-state index < -0.39 is 0 Å². The van der Waals surface area contributed by atoms with Gasteiger partial charge in [0.25, 0.3) is 0 Å². The molecule has 1 atom stereocenters. The van der Waals surface area contributed by atoms with E-state index in [9.17, 15) is 0 Å². The Morgan fingerprint density at radius 1 is 1.33 bits per heavy atom. The van der Waals surface area contributed by atoms with Crippen LogP contribution in [0, 0.1) is 12.3 Å². The SMILES string of the molecule is CCCNC(Cc1c(C)nn(C)c1Cl)C1(CC)CCCC1. The Labute approximate surface area is 134 Å². The van der Waals surface area contributed by atoms with Crippen molar-refractivity contribution in [1.29, 1.82) is 0 Å². The molecule has 1 aliphatic rings. The molecule has 1 fully saturated rings. The Bertz CT molecular complexity index is 461. The Balaban J connectivity index is 2.23. The number of hydrogen-bond acceptors (Lipinski definition) is 2. The smallest absolute Gasteiger partial charge is 0.130 e. The van der Waals surface area contributed by atoms with E-state index in [0.29, 0.717) is 11.5 Å². The van der Waals surface area contributed by atoms with Crippen molar-refractivity contribution in [2.75, 3.05) is 6.54 Å². The molecule has 0 aliphatic heterocycles. The molecule has 0 bridgehead atoms. The molecule has 4 heteroatoms. The summed E-state index contributed by atoms with van der Waals surface area (Å²) in [7, 11) is 1.93. The molecule has 1 aromatic heterocycles. The molecule has 1 unspecified atom stereocenters. The number of aryl methyl sites for hydroxylation is 2. The number of halogens is 1. The summed E-state index contributed by atoms with van der Waals surface area (Å²) in [5.41, 5.74) is 2.75. The van der Waals surface area contributed by atoms with Crippen LogP contribution in [-0.4, -0.2) is 22.4 Å². The zero-order valence-corrected chi connectivity index (χ0v) is 14.8. The van der Waals surface area contributed by atoms with Crippen molar-refractivity contribution in [1.82, 2.24) is 15.1 Å². The van der Waals surface area contributed by atoms with Crippen molar-refractivity contribution in [2.24, 2.45) is 12.5 Å². The lowest BCUT2D eigenvalue weighted by Crippen LogP contribution is -2.45. The molecule has 0 spiro atoms. The van der Waals surface area contributed by atoms with Gasteiger partial charge in [0.2, 0.25) is 0 Å². The van der Waals surface area contributed by atoms with Crippen LogP contribution in [0.1, 0.15) is 63.6 Å². The Morgan fingerprint density at radius 3 is 2.48 bits per heavy atom. The van der Waals surface area contributed by atoms with Crippen LogP contribution in [0.15, 0.2) is 0 Å². The van der Waals surface area contributed by atoms with Crippen LogP contribution in [0.5, 0.6) is 0 Å². The highest BCUT2D eigenvalue weighted by atomic mass is 35.5. The van der Waals surface area contributed by atoms with Gasteiger partial charge in [0.1, 0.15) is 5.15 Å². The molecule has 1 aromatic rings. The average Bonchev–Trinajstić information content (AvgIpc) is 3.04. The Hall–Kier alpha value is -0.540. The molecule has 0 radical (unpaired) electrons. The predicted molar refractivity (Wildman–Crippen MR) is 89.9 cm³/mol. The van der Waals surface area contributed by atoms with Gasteiger partial charge in [-0.25, -0.2) is 0 Å². The molecule has 3 nitrogen and oxygen atoms in total. The third kappa shape index (κ3) is 3.45. The Kier molecular flexibility index (Phi) is 5.73. The van der Waals surface area contributed by atoms with Crippen LogP contribution in [0.3, 0.4) is 0 Å². The molecular weight excluding hydrogens is 282 g/mol. The molecule has 0 amide bonds. The van der Waals surface area contributed by atoms with Gasteiger partial charge in [-0.3, -0.25) is 4.68 Å². The van der Waals surface area contributed by atoms with Crippen LogP contribution in [0.2, 0.25) is 5.15 Å². The van der Waals surface area contributed by atoms with Crippen molar-refractivity contribution in [2.45, 2.75) is 71.8 Å². The van der Waals surface area contributed by atoms with E-state index in [1.54, 1.807) is 4.68 Å². The Morgan fingerprint density at radius 2 is 2.00 bits per heavy atom. The molecule has 1 saturated carbocycles. The van der Waals surface area contributed by atoms with Gasteiger partial charge in [-0.15, -0.1) is 0 Å². The highest BCUT2D eigenvalue weighted by molar-refractivity contribution is 6.30. The van der Waals surface area contributed by atoms with E-state index in [1.807, 2.05) is 7.05 Å². The topological polar surface area (TPSA) is 29.9 Å². The highest BCUT2D eigenvalue weighted by Crippen LogP contribution is 2.45. The first kappa shape index (κ1) is 16.8. The maximum atomic E-state index is 6.46. The standard InChI is InChI=1S/C17H30ClN3/c1-5-11-19-15(17(6-2)9-7-8-10-17)12-14-13(3)20-21(4)16(14)18/h15,19H,5-12H2,1-4H3. The third-order valence-electron chi connectivity index (χ3n) is 5.36. The maximum Gasteiger partial charge on any atom is 0.130 e. The van der Waals surface area contributed by atoms with Crippen LogP contribution >= 0.6 is 11.6 Å². The quantitative estimate of drug-likeness (QED) is 0.815.